The summed E-state index contributed by atoms with van der Waals surface area (Å²) in [5.74, 6) is -3.19. The lowest BCUT2D eigenvalue weighted by Crippen LogP contribution is -2.63. The summed E-state index contributed by atoms with van der Waals surface area (Å²) in [5, 5.41) is 32.8. The molecule has 1 aromatic carbocycles. The van der Waals surface area contributed by atoms with E-state index in [4.69, 9.17) is 4.74 Å². The van der Waals surface area contributed by atoms with E-state index in [0.717, 1.165) is 51.4 Å². The summed E-state index contributed by atoms with van der Waals surface area (Å²) in [4.78, 5) is 27.1. The lowest BCUT2D eigenvalue weighted by molar-refractivity contribution is -0.199. The number of benzene rings is 1. The minimum Gasteiger partial charge on any atom is -0.508 e. The molecule has 3 fully saturated rings. The maximum Gasteiger partial charge on any atom is 0.310 e. The molecule has 0 spiro atoms. The van der Waals surface area contributed by atoms with Gasteiger partial charge in [0.25, 0.3) is 0 Å². The molecule has 0 heterocycles. The number of aromatic hydroxyl groups is 1. The summed E-state index contributed by atoms with van der Waals surface area (Å²) >= 11 is 0. The number of ether oxygens (including phenoxy) is 1. The van der Waals surface area contributed by atoms with Crippen LogP contribution in [0.25, 0.3) is 0 Å². The molecule has 3 aliphatic carbocycles. The van der Waals surface area contributed by atoms with Gasteiger partial charge in [0.15, 0.2) is 0 Å². The van der Waals surface area contributed by atoms with E-state index >= 15 is 0 Å². The molecule has 10 unspecified atom stereocenters. The van der Waals surface area contributed by atoms with E-state index in [1.165, 1.54) is 17.7 Å². The normalized spacial score (nSPS) is 37.0. The van der Waals surface area contributed by atoms with Gasteiger partial charge in [-0.25, -0.2) is 0 Å². The maximum atomic E-state index is 14.1. The Kier molecular flexibility index (Phi) is 9.90. The van der Waals surface area contributed by atoms with Crippen molar-refractivity contribution in [1.82, 2.24) is 0 Å². The number of aliphatic carboxylic acids is 1. The molecule has 1 aromatic rings. The number of phenols is 1. The van der Waals surface area contributed by atoms with E-state index in [2.05, 4.69) is 40.9 Å². The van der Waals surface area contributed by atoms with Gasteiger partial charge in [0.2, 0.25) is 0 Å². The van der Waals surface area contributed by atoms with E-state index in [1.807, 2.05) is 6.92 Å². The largest absolute Gasteiger partial charge is 0.508 e. The highest BCUT2D eigenvalue weighted by Gasteiger charge is 2.68. The molecular formula is C37H54O6. The molecule has 43 heavy (non-hydrogen) atoms. The number of carboxylic acid groups (broad SMARTS) is 1. The number of fused-ring (bicyclic) bond motifs is 1. The van der Waals surface area contributed by atoms with E-state index < -0.39 is 52.7 Å². The van der Waals surface area contributed by atoms with Gasteiger partial charge in [-0.1, -0.05) is 84.4 Å². The Morgan fingerprint density at radius 3 is 2.40 bits per heavy atom. The van der Waals surface area contributed by atoms with Gasteiger partial charge >= 0.3 is 11.9 Å². The third-order valence-corrected chi connectivity index (χ3v) is 12.4. The first-order valence-corrected chi connectivity index (χ1v) is 16.5. The smallest absolute Gasteiger partial charge is 0.310 e. The third kappa shape index (κ3) is 5.81. The Morgan fingerprint density at radius 2 is 1.79 bits per heavy atom. The van der Waals surface area contributed by atoms with E-state index in [-0.39, 0.29) is 29.4 Å². The van der Waals surface area contributed by atoms with Crippen LogP contribution >= 0.6 is 0 Å². The Morgan fingerprint density at radius 1 is 1.12 bits per heavy atom. The van der Waals surface area contributed by atoms with Crippen molar-refractivity contribution in [3.05, 3.63) is 54.6 Å². The first kappa shape index (κ1) is 33.3. The topological polar surface area (TPSA) is 104 Å². The lowest BCUT2D eigenvalue weighted by Gasteiger charge is -2.63. The molecule has 0 radical (unpaired) electrons. The van der Waals surface area contributed by atoms with E-state index in [9.17, 15) is 24.9 Å². The molecule has 6 nitrogen and oxygen atoms in total. The number of esters is 1. The molecule has 10 atom stereocenters. The second-order valence-corrected chi connectivity index (χ2v) is 14.6. The van der Waals surface area contributed by atoms with Crippen LogP contribution in [-0.2, 0) is 14.3 Å². The second kappa shape index (κ2) is 12.8. The first-order chi connectivity index (χ1) is 20.2. The molecule has 3 saturated carbocycles. The number of allylic oxidation sites excluding steroid dienone is 1. The van der Waals surface area contributed by atoms with E-state index in [1.54, 1.807) is 18.2 Å². The van der Waals surface area contributed by atoms with Crippen LogP contribution in [0.5, 0.6) is 5.75 Å². The number of hydrogen-bond donors (Lipinski definition) is 3. The molecule has 4 rings (SSSR count). The Hall–Kier alpha value is -2.60. The highest BCUT2D eigenvalue weighted by atomic mass is 16.5. The highest BCUT2D eigenvalue weighted by Crippen LogP contribution is 2.67. The molecule has 0 bridgehead atoms. The van der Waals surface area contributed by atoms with Crippen LogP contribution in [0.1, 0.15) is 110 Å². The highest BCUT2D eigenvalue weighted by molar-refractivity contribution is 5.84. The minimum atomic E-state index is -1.04. The van der Waals surface area contributed by atoms with Gasteiger partial charge in [-0.05, 0) is 97.1 Å². The number of unbranched alkanes of at least 4 members (excludes halogenated alkanes) is 2. The molecule has 0 saturated heterocycles. The van der Waals surface area contributed by atoms with Gasteiger partial charge in [0, 0.05) is 5.92 Å². The molecule has 3 N–H and O–H groups in total. The van der Waals surface area contributed by atoms with Gasteiger partial charge < -0.3 is 20.1 Å². The van der Waals surface area contributed by atoms with Crippen molar-refractivity contribution >= 4 is 11.9 Å². The second-order valence-electron chi connectivity index (χ2n) is 14.6. The van der Waals surface area contributed by atoms with Crippen LogP contribution in [0.3, 0.4) is 0 Å². The molecule has 0 aliphatic heterocycles. The number of carboxylic acids is 1. The van der Waals surface area contributed by atoms with Crippen LogP contribution in [0, 0.1) is 39.9 Å². The maximum absolute atomic E-state index is 14.1. The summed E-state index contributed by atoms with van der Waals surface area (Å²) in [7, 11) is 0. The zero-order valence-electron chi connectivity index (χ0n) is 27.0. The fourth-order valence-corrected chi connectivity index (χ4v) is 9.40. The Balaban J connectivity index is 1.71. The summed E-state index contributed by atoms with van der Waals surface area (Å²) < 4.78 is 6.05. The van der Waals surface area contributed by atoms with Crippen LogP contribution in [0.2, 0.25) is 0 Å². The van der Waals surface area contributed by atoms with E-state index in [0.29, 0.717) is 12.0 Å². The average Bonchev–Trinajstić information content (AvgIpc) is 2.95. The van der Waals surface area contributed by atoms with Crippen LogP contribution in [0.15, 0.2) is 49.1 Å². The number of hydrogen-bond acceptors (Lipinski definition) is 5. The summed E-state index contributed by atoms with van der Waals surface area (Å²) in [6.45, 7) is 19.0. The molecular weight excluding hydrogens is 540 g/mol. The molecule has 6 heteroatoms. The van der Waals surface area contributed by atoms with Crippen molar-refractivity contribution in [1.29, 1.82) is 0 Å². The summed E-state index contributed by atoms with van der Waals surface area (Å²) in [6.07, 6.45) is 9.31. The Bertz CT molecular complexity index is 1190. The first-order valence-electron chi connectivity index (χ1n) is 16.5. The number of carbonyl (C=O) groups excluding carboxylic acids is 1. The minimum absolute atomic E-state index is 0.0597. The van der Waals surface area contributed by atoms with Crippen LogP contribution < -0.4 is 0 Å². The molecule has 238 valence electrons. The average molecular weight is 595 g/mol. The number of phenolic OH excluding ortho intramolecular Hbond substituents is 1. The predicted octanol–water partition coefficient (Wildman–Crippen LogP) is 8.04. The van der Waals surface area contributed by atoms with Gasteiger partial charge in [0.1, 0.15) is 11.9 Å². The number of aliphatic hydroxyl groups excluding tert-OH is 1. The molecule has 0 aromatic heterocycles. The SMILES string of the molecule is C=CC(CCCCC)OC(=O)C1C(c2ccc(O)cc2)C(C(=O)O)C1(C)CC(O)C1(C)C(C)CCC2(C)C(=C)CCCC21. The monoisotopic (exact) mass is 594 g/mol. The van der Waals surface area contributed by atoms with Gasteiger partial charge in [-0.3, -0.25) is 9.59 Å². The van der Waals surface area contributed by atoms with Crippen molar-refractivity contribution in [2.45, 2.75) is 117 Å². The van der Waals surface area contributed by atoms with Crippen LogP contribution in [0.4, 0.5) is 0 Å². The lowest BCUT2D eigenvalue weighted by atomic mass is 9.41. The zero-order valence-corrected chi connectivity index (χ0v) is 27.0. The van der Waals surface area contributed by atoms with Crippen molar-refractivity contribution in [2.24, 2.45) is 39.9 Å². The third-order valence-electron chi connectivity index (χ3n) is 12.4. The van der Waals surface area contributed by atoms with Crippen molar-refractivity contribution in [3.63, 3.8) is 0 Å². The van der Waals surface area contributed by atoms with Crippen molar-refractivity contribution in [2.75, 3.05) is 0 Å². The standard InChI is InChI=1S/C37H54O6/c1-8-10-11-14-27(9-2)43-34(42)32-30(25-16-18-26(38)19-17-25)31(33(40)41)36(32,6)22-29(39)37(7)24(4)20-21-35(5)23(3)13-12-15-28(35)37/h9,16-19,24,27-32,38-39H,2-3,8,10-15,20-22H2,1,4-7H3,(H,40,41). The number of carbonyl (C=O) groups is 2. The Labute approximate surface area is 258 Å². The molecule has 0 amide bonds. The fraction of sp³-hybridized carbons (Fsp3) is 0.676. The summed E-state index contributed by atoms with van der Waals surface area (Å²) in [6, 6.07) is 6.45. The predicted molar refractivity (Wildman–Crippen MR) is 170 cm³/mol. The van der Waals surface area contributed by atoms with Gasteiger partial charge in [-0.2, -0.15) is 0 Å². The molecule has 3 aliphatic rings. The van der Waals surface area contributed by atoms with Crippen molar-refractivity contribution in [3.8, 4) is 5.75 Å². The quantitative estimate of drug-likeness (QED) is 0.129. The zero-order chi connectivity index (χ0) is 31.7. The number of aliphatic hydroxyl groups is 1. The summed E-state index contributed by atoms with van der Waals surface area (Å²) in [5.41, 5.74) is 0.385. The van der Waals surface area contributed by atoms with Gasteiger partial charge in [0.05, 0.1) is 17.9 Å². The van der Waals surface area contributed by atoms with Gasteiger partial charge in [-0.15, -0.1) is 0 Å². The van der Waals surface area contributed by atoms with Crippen molar-refractivity contribution < 1.29 is 29.6 Å². The fourth-order valence-electron chi connectivity index (χ4n) is 9.40. The number of rotatable bonds is 12. The van der Waals surface area contributed by atoms with Crippen LogP contribution in [-0.4, -0.2) is 39.5 Å².